The lowest BCUT2D eigenvalue weighted by Gasteiger charge is -2.34. The van der Waals surface area contributed by atoms with Crippen LogP contribution in [0.3, 0.4) is 0 Å². The van der Waals surface area contributed by atoms with Gasteiger partial charge in [0.15, 0.2) is 0 Å². The molecule has 1 aliphatic heterocycles. The van der Waals surface area contributed by atoms with Crippen LogP contribution in [-0.4, -0.2) is 49.7 Å². The van der Waals surface area contributed by atoms with Gasteiger partial charge in [0.05, 0.1) is 10.5 Å². The molecule has 0 aliphatic carbocycles. The van der Waals surface area contributed by atoms with E-state index in [1.54, 1.807) is 41.3 Å². The van der Waals surface area contributed by atoms with Gasteiger partial charge in [0.25, 0.3) is 5.91 Å². The number of nitriles is 1. The van der Waals surface area contributed by atoms with E-state index in [0.29, 0.717) is 17.1 Å². The molecule has 1 saturated heterocycles. The number of piperazine rings is 1. The molecule has 0 unspecified atom stereocenters. The van der Waals surface area contributed by atoms with Gasteiger partial charge in [0.2, 0.25) is 10.0 Å². The zero-order chi connectivity index (χ0) is 23.4. The van der Waals surface area contributed by atoms with E-state index in [4.69, 9.17) is 4.74 Å². The quantitative estimate of drug-likeness (QED) is 0.574. The zero-order valence-corrected chi connectivity index (χ0v) is 18.3. The smallest absolute Gasteiger partial charge is 0.253 e. The fraction of sp³-hybridized carbons (Fsp3) is 0.167. The van der Waals surface area contributed by atoms with E-state index in [1.165, 1.54) is 40.7 Å². The maximum Gasteiger partial charge on any atom is 0.253 e. The number of sulfonamides is 1. The number of rotatable bonds is 5. The molecule has 0 bridgehead atoms. The first kappa shape index (κ1) is 22.5. The highest BCUT2D eigenvalue weighted by atomic mass is 32.2. The van der Waals surface area contributed by atoms with E-state index in [1.807, 2.05) is 6.07 Å². The lowest BCUT2D eigenvalue weighted by Crippen LogP contribution is -2.50. The van der Waals surface area contributed by atoms with Gasteiger partial charge in [-0.3, -0.25) is 4.79 Å². The summed E-state index contributed by atoms with van der Waals surface area (Å²) < 4.78 is 45.9. The van der Waals surface area contributed by atoms with Gasteiger partial charge in [-0.2, -0.15) is 9.57 Å². The van der Waals surface area contributed by atoms with Gasteiger partial charge in [-0.25, -0.2) is 12.8 Å². The normalized spacial score (nSPS) is 14.5. The van der Waals surface area contributed by atoms with E-state index in [-0.39, 0.29) is 48.4 Å². The molecule has 0 aromatic heterocycles. The predicted molar refractivity (Wildman–Crippen MR) is 119 cm³/mol. The number of nitrogens with zero attached hydrogens (tertiary/aromatic N) is 3. The molecule has 0 N–H and O–H groups in total. The average molecular weight is 466 g/mol. The molecule has 1 heterocycles. The topological polar surface area (TPSA) is 90.7 Å². The molecule has 168 valence electrons. The largest absolute Gasteiger partial charge is 0.457 e. The maximum atomic E-state index is 13.0. The molecule has 0 saturated carbocycles. The fourth-order valence-corrected chi connectivity index (χ4v) is 5.11. The standard InChI is InChI=1S/C24H20FN3O4S/c25-20-7-11-22(12-8-20)32-21-9-5-18(6-10-21)24(29)27-13-15-28(16-14-27)33(30,31)23-4-2-1-3-19(23)17-26/h1-12H,13-16H2. The van der Waals surface area contributed by atoms with Crippen molar-refractivity contribution in [3.05, 3.63) is 89.7 Å². The van der Waals surface area contributed by atoms with Crippen LogP contribution in [0, 0.1) is 17.1 Å². The molecule has 1 amide bonds. The molecule has 0 atom stereocenters. The molecule has 9 heteroatoms. The molecule has 0 radical (unpaired) electrons. The van der Waals surface area contributed by atoms with Crippen molar-refractivity contribution in [2.24, 2.45) is 0 Å². The molecule has 0 spiro atoms. The lowest BCUT2D eigenvalue weighted by molar-refractivity contribution is 0.0698. The molecule has 3 aromatic rings. The van der Waals surface area contributed by atoms with Crippen LogP contribution in [0.25, 0.3) is 0 Å². The highest BCUT2D eigenvalue weighted by molar-refractivity contribution is 7.89. The summed E-state index contributed by atoms with van der Waals surface area (Å²) in [7, 11) is -3.82. The van der Waals surface area contributed by atoms with Gasteiger partial charge >= 0.3 is 0 Å². The Balaban J connectivity index is 1.39. The SMILES string of the molecule is N#Cc1ccccc1S(=O)(=O)N1CCN(C(=O)c2ccc(Oc3ccc(F)cc3)cc2)CC1. The number of benzene rings is 3. The predicted octanol–water partition coefficient (Wildman–Crippen LogP) is 3.64. The van der Waals surface area contributed by atoms with Gasteiger partial charge in [0.1, 0.15) is 23.4 Å². The Hall–Kier alpha value is -3.74. The Morgan fingerprint density at radius 3 is 2.06 bits per heavy atom. The van der Waals surface area contributed by atoms with Crippen LogP contribution in [0.1, 0.15) is 15.9 Å². The van der Waals surface area contributed by atoms with Crippen molar-refractivity contribution in [1.82, 2.24) is 9.21 Å². The highest BCUT2D eigenvalue weighted by Gasteiger charge is 2.31. The monoisotopic (exact) mass is 465 g/mol. The van der Waals surface area contributed by atoms with Crippen LogP contribution >= 0.6 is 0 Å². The van der Waals surface area contributed by atoms with Crippen LogP contribution in [-0.2, 0) is 10.0 Å². The molecule has 4 rings (SSSR count). The molecular weight excluding hydrogens is 445 g/mol. The summed E-state index contributed by atoms with van der Waals surface area (Å²) >= 11 is 0. The molecular formula is C24H20FN3O4S. The van der Waals surface area contributed by atoms with Gasteiger partial charge in [-0.1, -0.05) is 12.1 Å². The van der Waals surface area contributed by atoms with Crippen LogP contribution in [0.4, 0.5) is 4.39 Å². The van der Waals surface area contributed by atoms with Crippen molar-refractivity contribution >= 4 is 15.9 Å². The minimum Gasteiger partial charge on any atom is -0.457 e. The molecule has 1 aliphatic rings. The van der Waals surface area contributed by atoms with Crippen molar-refractivity contribution in [2.75, 3.05) is 26.2 Å². The van der Waals surface area contributed by atoms with E-state index < -0.39 is 10.0 Å². The lowest BCUT2D eigenvalue weighted by atomic mass is 10.2. The van der Waals surface area contributed by atoms with Crippen LogP contribution in [0.2, 0.25) is 0 Å². The van der Waals surface area contributed by atoms with E-state index >= 15 is 0 Å². The van der Waals surface area contributed by atoms with Gasteiger partial charge < -0.3 is 9.64 Å². The number of hydrogen-bond donors (Lipinski definition) is 0. The molecule has 1 fully saturated rings. The fourth-order valence-electron chi connectivity index (χ4n) is 3.54. The number of amides is 1. The summed E-state index contributed by atoms with van der Waals surface area (Å²) in [4.78, 5) is 14.4. The summed E-state index contributed by atoms with van der Waals surface area (Å²) in [6.07, 6.45) is 0. The Bertz CT molecular complexity index is 1290. The van der Waals surface area contributed by atoms with Crippen LogP contribution in [0.5, 0.6) is 11.5 Å². The Morgan fingerprint density at radius 2 is 1.45 bits per heavy atom. The third-order valence-corrected chi connectivity index (χ3v) is 7.26. The number of ether oxygens (including phenoxy) is 1. The second kappa shape index (κ2) is 9.40. The zero-order valence-electron chi connectivity index (χ0n) is 17.5. The summed E-state index contributed by atoms with van der Waals surface area (Å²) in [5, 5.41) is 9.22. The summed E-state index contributed by atoms with van der Waals surface area (Å²) in [6.45, 7) is 0.750. The third kappa shape index (κ3) is 4.87. The Kier molecular flexibility index (Phi) is 6.40. The Morgan fingerprint density at radius 1 is 0.879 bits per heavy atom. The van der Waals surface area contributed by atoms with Crippen molar-refractivity contribution in [2.45, 2.75) is 4.90 Å². The minimum absolute atomic E-state index is 0.0241. The first-order valence-electron chi connectivity index (χ1n) is 10.2. The van der Waals surface area contributed by atoms with Crippen molar-refractivity contribution in [1.29, 1.82) is 5.26 Å². The van der Waals surface area contributed by atoms with Crippen molar-refractivity contribution < 1.29 is 22.3 Å². The second-order valence-corrected chi connectivity index (χ2v) is 9.29. The number of hydrogen-bond acceptors (Lipinski definition) is 5. The number of carbonyl (C=O) groups excluding carboxylic acids is 1. The van der Waals surface area contributed by atoms with Crippen LogP contribution < -0.4 is 4.74 Å². The first-order valence-corrected chi connectivity index (χ1v) is 11.6. The van der Waals surface area contributed by atoms with Crippen LogP contribution in [0.15, 0.2) is 77.7 Å². The van der Waals surface area contributed by atoms with E-state index in [0.717, 1.165) is 0 Å². The molecule has 3 aromatic carbocycles. The summed E-state index contributed by atoms with van der Waals surface area (Å²) in [6, 6.07) is 20.2. The number of halogens is 1. The second-order valence-electron chi connectivity index (χ2n) is 7.38. The van der Waals surface area contributed by atoms with Gasteiger partial charge in [0, 0.05) is 31.7 Å². The molecule has 33 heavy (non-hydrogen) atoms. The first-order chi connectivity index (χ1) is 15.9. The summed E-state index contributed by atoms with van der Waals surface area (Å²) in [5.41, 5.74) is 0.548. The number of carbonyl (C=O) groups is 1. The maximum absolute atomic E-state index is 13.0. The third-order valence-electron chi connectivity index (χ3n) is 5.30. The average Bonchev–Trinajstić information content (AvgIpc) is 2.85. The summed E-state index contributed by atoms with van der Waals surface area (Å²) in [5.74, 6) is 0.416. The van der Waals surface area contributed by atoms with E-state index in [2.05, 4.69) is 0 Å². The van der Waals surface area contributed by atoms with Crippen molar-refractivity contribution in [3.63, 3.8) is 0 Å². The Labute approximate surface area is 191 Å². The molecule has 7 nitrogen and oxygen atoms in total. The van der Waals surface area contributed by atoms with Gasteiger partial charge in [-0.15, -0.1) is 0 Å². The van der Waals surface area contributed by atoms with Crippen molar-refractivity contribution in [3.8, 4) is 17.6 Å². The van der Waals surface area contributed by atoms with Gasteiger partial charge in [-0.05, 0) is 60.7 Å². The highest BCUT2D eigenvalue weighted by Crippen LogP contribution is 2.24. The van der Waals surface area contributed by atoms with E-state index in [9.17, 15) is 22.9 Å². The minimum atomic E-state index is -3.82.